The van der Waals surface area contributed by atoms with Crippen LogP contribution in [0.5, 0.6) is 0 Å². The van der Waals surface area contributed by atoms with Crippen LogP contribution in [-0.4, -0.2) is 23.1 Å². The summed E-state index contributed by atoms with van der Waals surface area (Å²) in [5, 5.41) is 4.44. The summed E-state index contributed by atoms with van der Waals surface area (Å²) in [6.45, 7) is 3.55. The minimum Gasteiger partial charge on any atom is -0.369 e. The first-order valence-corrected chi connectivity index (χ1v) is 9.62. The summed E-state index contributed by atoms with van der Waals surface area (Å²) in [6, 6.07) is 23.1. The van der Waals surface area contributed by atoms with E-state index in [1.807, 2.05) is 24.4 Å². The van der Waals surface area contributed by atoms with Crippen LogP contribution in [0.15, 0.2) is 72.9 Å². The number of aromatic nitrogens is 2. The van der Waals surface area contributed by atoms with Crippen molar-refractivity contribution in [2.75, 3.05) is 18.4 Å². The number of rotatable bonds is 6. The molecule has 0 bridgehead atoms. The Morgan fingerprint density at radius 3 is 2.29 bits per heavy atom. The number of anilines is 1. The second-order valence-corrected chi connectivity index (χ2v) is 6.94. The highest BCUT2D eigenvalue weighted by Crippen LogP contribution is 2.28. The van der Waals surface area contributed by atoms with Gasteiger partial charge in [0.2, 0.25) is 0 Å². The van der Waals surface area contributed by atoms with Gasteiger partial charge in [0.15, 0.2) is 0 Å². The Bertz CT molecular complexity index is 1070. The third-order valence-electron chi connectivity index (χ3n) is 4.84. The molecule has 4 aromatic rings. The molecule has 28 heavy (non-hydrogen) atoms. The van der Waals surface area contributed by atoms with E-state index in [9.17, 15) is 0 Å². The van der Waals surface area contributed by atoms with Gasteiger partial charge in [0.1, 0.15) is 5.82 Å². The molecule has 0 saturated heterocycles. The summed E-state index contributed by atoms with van der Waals surface area (Å²) in [5.74, 6) is 0.858. The van der Waals surface area contributed by atoms with E-state index in [1.54, 1.807) is 0 Å². The van der Waals surface area contributed by atoms with Crippen LogP contribution in [0.2, 0.25) is 0 Å². The lowest BCUT2D eigenvalue weighted by molar-refractivity contribution is 0.871. The number of hydrogen-bond donors (Lipinski definition) is 2. The van der Waals surface area contributed by atoms with Gasteiger partial charge in [-0.3, -0.25) is 4.98 Å². The topological polar surface area (TPSA) is 63.8 Å². The van der Waals surface area contributed by atoms with Crippen molar-refractivity contribution in [3.63, 3.8) is 0 Å². The molecule has 0 aliphatic rings. The number of nitrogens with two attached hydrogens (primary N) is 1. The minimum atomic E-state index is 0.656. The lowest BCUT2D eigenvalue weighted by atomic mass is 10.0. The predicted molar refractivity (Wildman–Crippen MR) is 117 cm³/mol. The monoisotopic (exact) mass is 368 g/mol. The number of fused-ring (bicyclic) bond motifs is 1. The number of nitrogens with one attached hydrogen (secondary N) is 1. The molecule has 2 aromatic heterocycles. The first-order valence-electron chi connectivity index (χ1n) is 9.62. The average Bonchev–Trinajstić information content (AvgIpc) is 2.74. The summed E-state index contributed by atoms with van der Waals surface area (Å²) >= 11 is 0. The van der Waals surface area contributed by atoms with Gasteiger partial charge in [-0.15, -0.1) is 0 Å². The van der Waals surface area contributed by atoms with Gasteiger partial charge in [0.05, 0.1) is 11.2 Å². The second kappa shape index (κ2) is 8.19. The summed E-state index contributed by atoms with van der Waals surface area (Å²) in [7, 11) is 0. The van der Waals surface area contributed by atoms with Crippen molar-refractivity contribution in [1.29, 1.82) is 0 Å². The van der Waals surface area contributed by atoms with Crippen molar-refractivity contribution in [2.45, 2.75) is 13.3 Å². The lowest BCUT2D eigenvalue weighted by Gasteiger charge is -2.11. The Hall–Kier alpha value is -3.24. The van der Waals surface area contributed by atoms with Gasteiger partial charge < -0.3 is 11.1 Å². The standard InChI is InChI=1S/C24H24N4/c1-17-5-7-18(8-6-17)19-9-11-20(12-10-19)22-16-23-21(4-2-14-26-23)24(28-22)27-15-3-13-25/h2,4-12,14,16H,3,13,15,25H2,1H3,(H,27,28). The zero-order chi connectivity index (χ0) is 19.3. The molecular formula is C24H24N4. The van der Waals surface area contributed by atoms with E-state index < -0.39 is 0 Å². The zero-order valence-corrected chi connectivity index (χ0v) is 16.0. The van der Waals surface area contributed by atoms with Crippen LogP contribution in [0.4, 0.5) is 5.82 Å². The van der Waals surface area contributed by atoms with E-state index in [0.29, 0.717) is 6.54 Å². The molecule has 0 spiro atoms. The molecule has 4 rings (SSSR count). The lowest BCUT2D eigenvalue weighted by Crippen LogP contribution is -2.10. The summed E-state index contributed by atoms with van der Waals surface area (Å²) in [6.07, 6.45) is 2.72. The normalized spacial score (nSPS) is 10.9. The van der Waals surface area contributed by atoms with E-state index >= 15 is 0 Å². The molecule has 2 aromatic carbocycles. The quantitative estimate of drug-likeness (QED) is 0.468. The zero-order valence-electron chi connectivity index (χ0n) is 16.0. The first kappa shape index (κ1) is 18.1. The van der Waals surface area contributed by atoms with Crippen LogP contribution in [-0.2, 0) is 0 Å². The molecule has 4 heteroatoms. The molecule has 0 aliphatic carbocycles. The SMILES string of the molecule is Cc1ccc(-c2ccc(-c3cc4ncccc4c(NCCCN)n3)cc2)cc1. The molecule has 0 radical (unpaired) electrons. The van der Waals surface area contributed by atoms with Gasteiger partial charge in [-0.1, -0.05) is 54.1 Å². The van der Waals surface area contributed by atoms with E-state index in [2.05, 4.69) is 65.8 Å². The van der Waals surface area contributed by atoms with Crippen LogP contribution < -0.4 is 11.1 Å². The van der Waals surface area contributed by atoms with Gasteiger partial charge in [-0.2, -0.15) is 0 Å². The number of hydrogen-bond acceptors (Lipinski definition) is 4. The summed E-state index contributed by atoms with van der Waals surface area (Å²) in [5.41, 5.74) is 12.2. The van der Waals surface area contributed by atoms with Crippen molar-refractivity contribution in [3.05, 3.63) is 78.5 Å². The van der Waals surface area contributed by atoms with Crippen molar-refractivity contribution in [2.24, 2.45) is 5.73 Å². The molecule has 0 saturated carbocycles. The third-order valence-corrected chi connectivity index (χ3v) is 4.84. The molecule has 0 amide bonds. The molecule has 4 nitrogen and oxygen atoms in total. The Morgan fingerprint density at radius 1 is 0.893 bits per heavy atom. The maximum atomic E-state index is 5.62. The fourth-order valence-corrected chi connectivity index (χ4v) is 3.25. The molecule has 0 aliphatic heterocycles. The van der Waals surface area contributed by atoms with E-state index in [-0.39, 0.29) is 0 Å². The van der Waals surface area contributed by atoms with Crippen LogP contribution in [0, 0.1) is 6.92 Å². The fourth-order valence-electron chi connectivity index (χ4n) is 3.25. The van der Waals surface area contributed by atoms with Gasteiger partial charge >= 0.3 is 0 Å². The van der Waals surface area contributed by atoms with E-state index in [4.69, 9.17) is 10.7 Å². The highest BCUT2D eigenvalue weighted by molar-refractivity contribution is 5.92. The highest BCUT2D eigenvalue weighted by atomic mass is 15.0. The second-order valence-electron chi connectivity index (χ2n) is 6.94. The molecule has 0 atom stereocenters. The molecule has 3 N–H and O–H groups in total. The number of benzene rings is 2. The van der Waals surface area contributed by atoms with E-state index in [1.165, 1.54) is 16.7 Å². The Labute approximate surface area is 165 Å². The Kier molecular flexibility index (Phi) is 5.31. The number of pyridine rings is 2. The van der Waals surface area contributed by atoms with Crippen molar-refractivity contribution < 1.29 is 0 Å². The van der Waals surface area contributed by atoms with Crippen molar-refractivity contribution >= 4 is 16.7 Å². The molecule has 140 valence electrons. The molecule has 0 unspecified atom stereocenters. The predicted octanol–water partition coefficient (Wildman–Crippen LogP) is 5.03. The minimum absolute atomic E-state index is 0.656. The van der Waals surface area contributed by atoms with E-state index in [0.717, 1.165) is 40.9 Å². The average molecular weight is 368 g/mol. The van der Waals surface area contributed by atoms with Crippen LogP contribution in [0.25, 0.3) is 33.3 Å². The molecular weight excluding hydrogens is 344 g/mol. The fraction of sp³-hybridized carbons (Fsp3) is 0.167. The molecule has 0 fully saturated rings. The maximum absolute atomic E-state index is 5.62. The maximum Gasteiger partial charge on any atom is 0.136 e. The van der Waals surface area contributed by atoms with Crippen LogP contribution in [0.1, 0.15) is 12.0 Å². The van der Waals surface area contributed by atoms with Gasteiger partial charge in [-0.25, -0.2) is 4.98 Å². The number of nitrogens with zero attached hydrogens (tertiary/aromatic N) is 2. The third kappa shape index (κ3) is 3.87. The first-order chi connectivity index (χ1) is 13.7. The highest BCUT2D eigenvalue weighted by Gasteiger charge is 2.09. The van der Waals surface area contributed by atoms with Crippen LogP contribution >= 0.6 is 0 Å². The smallest absolute Gasteiger partial charge is 0.136 e. The molecule has 2 heterocycles. The summed E-state index contributed by atoms with van der Waals surface area (Å²) < 4.78 is 0. The number of aryl methyl sites for hydroxylation is 1. The largest absolute Gasteiger partial charge is 0.369 e. The van der Waals surface area contributed by atoms with Gasteiger partial charge in [-0.05, 0) is 49.2 Å². The Morgan fingerprint density at radius 2 is 1.57 bits per heavy atom. The van der Waals surface area contributed by atoms with Gasteiger partial charge in [0.25, 0.3) is 0 Å². The Balaban J connectivity index is 1.69. The van der Waals surface area contributed by atoms with Gasteiger partial charge in [0, 0.05) is 23.7 Å². The van der Waals surface area contributed by atoms with Crippen molar-refractivity contribution in [3.8, 4) is 22.4 Å². The summed E-state index contributed by atoms with van der Waals surface area (Å²) in [4.78, 5) is 9.39. The van der Waals surface area contributed by atoms with Crippen LogP contribution in [0.3, 0.4) is 0 Å². The van der Waals surface area contributed by atoms with Crippen molar-refractivity contribution in [1.82, 2.24) is 9.97 Å².